The Morgan fingerprint density at radius 3 is 2.48 bits per heavy atom. The lowest BCUT2D eigenvalue weighted by Crippen LogP contribution is -2.49. The molecule has 0 fully saturated rings. The Balaban J connectivity index is 1.74. The van der Waals surface area contributed by atoms with E-state index >= 15 is 0 Å². The van der Waals surface area contributed by atoms with Crippen molar-refractivity contribution in [2.24, 2.45) is 0 Å². The second-order valence-electron chi connectivity index (χ2n) is 6.32. The number of carboxylic acids is 1. The Morgan fingerprint density at radius 2 is 1.80 bits per heavy atom. The molecule has 0 atom stereocenters. The van der Waals surface area contributed by atoms with Gasteiger partial charge in [-0.05, 0) is 43.7 Å². The van der Waals surface area contributed by atoms with Gasteiger partial charge in [0.2, 0.25) is 0 Å². The predicted octanol–water partition coefficient (Wildman–Crippen LogP) is 2.07. The molecular weight excluding hydrogens is 320 g/mol. The van der Waals surface area contributed by atoms with E-state index in [9.17, 15) is 9.59 Å². The molecule has 1 heterocycles. The summed E-state index contributed by atoms with van der Waals surface area (Å²) in [6.45, 7) is 3.41. The number of nitrogens with one attached hydrogen (secondary N) is 1. The van der Waals surface area contributed by atoms with Crippen LogP contribution < -0.4 is 5.32 Å². The lowest BCUT2D eigenvalue weighted by Gasteiger charge is -2.21. The van der Waals surface area contributed by atoms with Crippen molar-refractivity contribution in [3.05, 3.63) is 59.7 Å². The van der Waals surface area contributed by atoms with Gasteiger partial charge in [-0.15, -0.1) is 5.10 Å². The first-order valence-corrected chi connectivity index (χ1v) is 7.80. The maximum Gasteiger partial charge on any atom is 0.328 e. The quantitative estimate of drug-likeness (QED) is 0.742. The van der Waals surface area contributed by atoms with E-state index in [2.05, 4.69) is 15.6 Å². The summed E-state index contributed by atoms with van der Waals surface area (Å²) in [4.78, 5) is 23.3. The van der Waals surface area contributed by atoms with Crippen LogP contribution in [0.25, 0.3) is 11.0 Å². The number of carbonyl (C=O) groups is 2. The first-order valence-electron chi connectivity index (χ1n) is 7.80. The standard InChI is InChI=1S/C18H18N4O3/c1-18(2,17(24)25)19-16(23)13-9-7-12(8-10-13)11-22-15-6-4-3-5-14(15)20-21-22/h3-10H,11H2,1-2H3,(H,19,23)(H,24,25). The number of aliphatic carboxylic acids is 1. The van der Waals surface area contributed by atoms with Gasteiger partial charge in [0.15, 0.2) is 0 Å². The number of hydrogen-bond acceptors (Lipinski definition) is 4. The summed E-state index contributed by atoms with van der Waals surface area (Å²) in [5, 5.41) is 19.8. The van der Waals surface area contributed by atoms with Crippen molar-refractivity contribution in [3.63, 3.8) is 0 Å². The van der Waals surface area contributed by atoms with Gasteiger partial charge in [-0.25, -0.2) is 9.48 Å². The van der Waals surface area contributed by atoms with E-state index in [0.29, 0.717) is 12.1 Å². The van der Waals surface area contributed by atoms with Crippen LogP contribution in [0.5, 0.6) is 0 Å². The average Bonchev–Trinajstić information content (AvgIpc) is 2.98. The summed E-state index contributed by atoms with van der Waals surface area (Å²) in [6, 6.07) is 14.7. The highest BCUT2D eigenvalue weighted by Crippen LogP contribution is 2.13. The molecule has 0 aliphatic heterocycles. The molecule has 0 saturated heterocycles. The van der Waals surface area contributed by atoms with Gasteiger partial charge < -0.3 is 10.4 Å². The number of carboxylic acid groups (broad SMARTS) is 1. The minimum absolute atomic E-state index is 0.404. The largest absolute Gasteiger partial charge is 0.480 e. The molecule has 0 aliphatic rings. The van der Waals surface area contributed by atoms with Crippen LogP contribution in [0.2, 0.25) is 0 Å². The molecule has 0 radical (unpaired) electrons. The number of fused-ring (bicyclic) bond motifs is 1. The smallest absolute Gasteiger partial charge is 0.328 e. The van der Waals surface area contributed by atoms with Crippen LogP contribution in [0.4, 0.5) is 0 Å². The lowest BCUT2D eigenvalue weighted by molar-refractivity contribution is -0.143. The van der Waals surface area contributed by atoms with E-state index in [1.54, 1.807) is 16.8 Å². The first-order chi connectivity index (χ1) is 11.9. The SMILES string of the molecule is CC(C)(NC(=O)c1ccc(Cn2nnc3ccccc32)cc1)C(=O)O. The number of amides is 1. The molecule has 25 heavy (non-hydrogen) atoms. The molecule has 2 N–H and O–H groups in total. The van der Waals surface area contributed by atoms with Gasteiger partial charge in [-0.1, -0.05) is 29.5 Å². The van der Waals surface area contributed by atoms with E-state index < -0.39 is 17.4 Å². The maximum atomic E-state index is 12.2. The molecule has 0 bridgehead atoms. The molecule has 3 rings (SSSR count). The predicted molar refractivity (Wildman–Crippen MR) is 92.3 cm³/mol. The van der Waals surface area contributed by atoms with Crippen molar-refractivity contribution in [3.8, 4) is 0 Å². The van der Waals surface area contributed by atoms with Crippen molar-refractivity contribution < 1.29 is 14.7 Å². The number of nitrogens with zero attached hydrogens (tertiary/aromatic N) is 3. The molecule has 0 spiro atoms. The summed E-state index contributed by atoms with van der Waals surface area (Å²) in [6.07, 6.45) is 0. The van der Waals surface area contributed by atoms with Gasteiger partial charge in [-0.3, -0.25) is 4.79 Å². The number of aromatic nitrogens is 3. The second kappa shape index (κ2) is 6.35. The van der Waals surface area contributed by atoms with Gasteiger partial charge in [0.1, 0.15) is 11.1 Å². The van der Waals surface area contributed by atoms with Crippen LogP contribution in [0, 0.1) is 0 Å². The highest BCUT2D eigenvalue weighted by Gasteiger charge is 2.29. The van der Waals surface area contributed by atoms with Crippen LogP contribution in [0.3, 0.4) is 0 Å². The highest BCUT2D eigenvalue weighted by molar-refractivity contribution is 5.97. The number of carbonyl (C=O) groups excluding carboxylic acids is 1. The van der Waals surface area contributed by atoms with E-state index in [4.69, 9.17) is 5.11 Å². The van der Waals surface area contributed by atoms with Crippen LogP contribution in [0.1, 0.15) is 29.8 Å². The van der Waals surface area contributed by atoms with Crippen LogP contribution >= 0.6 is 0 Å². The number of benzene rings is 2. The number of rotatable bonds is 5. The zero-order chi connectivity index (χ0) is 18.0. The second-order valence-corrected chi connectivity index (χ2v) is 6.32. The number of para-hydroxylation sites is 1. The fourth-order valence-electron chi connectivity index (χ4n) is 2.38. The molecule has 2 aromatic carbocycles. The third-order valence-electron chi connectivity index (χ3n) is 3.93. The summed E-state index contributed by atoms with van der Waals surface area (Å²) in [7, 11) is 0. The molecule has 0 aliphatic carbocycles. The fourth-order valence-corrected chi connectivity index (χ4v) is 2.38. The highest BCUT2D eigenvalue weighted by atomic mass is 16.4. The van der Waals surface area contributed by atoms with E-state index in [1.165, 1.54) is 13.8 Å². The van der Waals surface area contributed by atoms with Gasteiger partial charge in [0, 0.05) is 5.56 Å². The van der Waals surface area contributed by atoms with Gasteiger partial charge in [0.05, 0.1) is 12.1 Å². The Morgan fingerprint density at radius 1 is 1.12 bits per heavy atom. The third-order valence-corrected chi connectivity index (χ3v) is 3.93. The molecule has 0 unspecified atom stereocenters. The van der Waals surface area contributed by atoms with Crippen LogP contribution in [0.15, 0.2) is 48.5 Å². The molecule has 7 heteroatoms. The summed E-state index contributed by atoms with van der Waals surface area (Å²) in [5.74, 6) is -1.51. The monoisotopic (exact) mass is 338 g/mol. The molecule has 0 saturated carbocycles. The van der Waals surface area contributed by atoms with Gasteiger partial charge in [-0.2, -0.15) is 0 Å². The van der Waals surface area contributed by atoms with Crippen LogP contribution in [-0.2, 0) is 11.3 Å². The van der Waals surface area contributed by atoms with Crippen molar-refractivity contribution in [1.82, 2.24) is 20.3 Å². The topological polar surface area (TPSA) is 97.1 Å². The molecule has 7 nitrogen and oxygen atoms in total. The van der Waals surface area contributed by atoms with E-state index in [1.807, 2.05) is 36.4 Å². The normalized spacial score (nSPS) is 11.4. The summed E-state index contributed by atoms with van der Waals surface area (Å²) >= 11 is 0. The fraction of sp³-hybridized carbons (Fsp3) is 0.222. The average molecular weight is 338 g/mol. The molecule has 1 amide bonds. The first kappa shape index (κ1) is 16.6. The van der Waals surface area contributed by atoms with Crippen LogP contribution in [-0.4, -0.2) is 37.5 Å². The van der Waals surface area contributed by atoms with Gasteiger partial charge >= 0.3 is 5.97 Å². The molecular formula is C18H18N4O3. The van der Waals surface area contributed by atoms with Crippen molar-refractivity contribution >= 4 is 22.9 Å². The van der Waals surface area contributed by atoms with Gasteiger partial charge in [0.25, 0.3) is 5.91 Å². The molecule has 3 aromatic rings. The Labute approximate surface area is 144 Å². The van der Waals surface area contributed by atoms with Crippen molar-refractivity contribution in [2.75, 3.05) is 0 Å². The zero-order valence-corrected chi connectivity index (χ0v) is 13.9. The number of hydrogen-bond donors (Lipinski definition) is 2. The van der Waals surface area contributed by atoms with Crippen molar-refractivity contribution in [2.45, 2.75) is 25.9 Å². The van der Waals surface area contributed by atoms with Crippen molar-refractivity contribution in [1.29, 1.82) is 0 Å². The maximum absolute atomic E-state index is 12.2. The minimum atomic E-state index is -1.32. The third kappa shape index (κ3) is 3.50. The minimum Gasteiger partial charge on any atom is -0.480 e. The molecule has 128 valence electrons. The molecule has 1 aromatic heterocycles. The summed E-state index contributed by atoms with van der Waals surface area (Å²) in [5.41, 5.74) is 1.81. The Bertz CT molecular complexity index is 929. The zero-order valence-electron chi connectivity index (χ0n) is 13.9. The Hall–Kier alpha value is -3.22. The van der Waals surface area contributed by atoms with E-state index in [-0.39, 0.29) is 0 Å². The summed E-state index contributed by atoms with van der Waals surface area (Å²) < 4.78 is 1.79. The van der Waals surface area contributed by atoms with E-state index in [0.717, 1.165) is 16.6 Å². The Kier molecular flexibility index (Phi) is 4.22. The lowest BCUT2D eigenvalue weighted by atomic mass is 10.0.